The second kappa shape index (κ2) is 7.01. The highest BCUT2D eigenvalue weighted by Gasteiger charge is 2.04. The lowest BCUT2D eigenvalue weighted by Gasteiger charge is -1.97. The van der Waals surface area contributed by atoms with E-state index >= 15 is 0 Å². The number of aryl methyl sites for hydroxylation is 2. The number of hydrogen-bond acceptors (Lipinski definition) is 2. The fourth-order valence-corrected chi connectivity index (χ4v) is 1.95. The molecule has 0 aliphatic heterocycles. The van der Waals surface area contributed by atoms with E-state index in [-0.39, 0.29) is 0 Å². The minimum Gasteiger partial charge on any atom is -0.205 e. The van der Waals surface area contributed by atoms with Gasteiger partial charge in [-0.1, -0.05) is 0 Å². The zero-order chi connectivity index (χ0) is 14.2. The van der Waals surface area contributed by atoms with Gasteiger partial charge >= 0.3 is 0 Å². The molecule has 0 bridgehead atoms. The largest absolute Gasteiger partial charge is 0.205 e. The summed E-state index contributed by atoms with van der Waals surface area (Å²) in [5.74, 6) is 0. The van der Waals surface area contributed by atoms with Gasteiger partial charge in [-0.15, -0.1) is 0 Å². The van der Waals surface area contributed by atoms with Gasteiger partial charge in [-0.2, -0.15) is 10.5 Å². The molecule has 0 saturated heterocycles. The van der Waals surface area contributed by atoms with E-state index in [0.717, 1.165) is 25.9 Å². The molecule has 2 rings (SSSR count). The Bertz CT molecular complexity index is 571. The summed E-state index contributed by atoms with van der Waals surface area (Å²) in [5, 5.41) is 17.4. The van der Waals surface area contributed by atoms with Crippen LogP contribution in [0.25, 0.3) is 0 Å². The van der Waals surface area contributed by atoms with Crippen molar-refractivity contribution < 1.29 is 9.13 Å². The maximum absolute atomic E-state index is 8.72. The van der Waals surface area contributed by atoms with Gasteiger partial charge in [0.1, 0.15) is 13.1 Å². The molecule has 0 N–H and O–H groups in total. The predicted octanol–water partition coefficient (Wildman–Crippen LogP) is 1.49. The van der Waals surface area contributed by atoms with Crippen LogP contribution in [0.15, 0.2) is 49.1 Å². The third kappa shape index (κ3) is 3.90. The summed E-state index contributed by atoms with van der Waals surface area (Å²) in [6, 6.07) is 11.5. The number of nitrogens with zero attached hydrogens (tertiary/aromatic N) is 4. The van der Waals surface area contributed by atoms with Crippen molar-refractivity contribution in [3.63, 3.8) is 0 Å². The molecular formula is C16H16N4+2. The Labute approximate surface area is 118 Å². The molecule has 0 aliphatic carbocycles. The molecule has 0 fully saturated rings. The molecule has 20 heavy (non-hydrogen) atoms. The Balaban J connectivity index is 1.75. The number of hydrogen-bond donors (Lipinski definition) is 0. The van der Waals surface area contributed by atoms with Crippen molar-refractivity contribution in [3.05, 3.63) is 60.2 Å². The highest BCUT2D eigenvalue weighted by Crippen LogP contribution is 1.95. The van der Waals surface area contributed by atoms with Crippen LogP contribution in [0, 0.1) is 22.7 Å². The maximum atomic E-state index is 8.72. The molecular weight excluding hydrogens is 248 g/mol. The van der Waals surface area contributed by atoms with E-state index in [1.165, 1.54) is 0 Å². The van der Waals surface area contributed by atoms with E-state index in [0.29, 0.717) is 11.1 Å². The average Bonchev–Trinajstić information content (AvgIpc) is 2.53. The van der Waals surface area contributed by atoms with Gasteiger partial charge in [0.15, 0.2) is 24.8 Å². The maximum Gasteiger partial charge on any atom is 0.170 e. The molecule has 0 amide bonds. The monoisotopic (exact) mass is 264 g/mol. The van der Waals surface area contributed by atoms with E-state index in [1.807, 2.05) is 49.1 Å². The van der Waals surface area contributed by atoms with Crippen molar-refractivity contribution in [2.45, 2.75) is 25.9 Å². The molecule has 0 unspecified atom stereocenters. The van der Waals surface area contributed by atoms with Gasteiger partial charge < -0.3 is 0 Å². The molecule has 0 aromatic carbocycles. The first-order valence-electron chi connectivity index (χ1n) is 6.60. The van der Waals surface area contributed by atoms with Crippen molar-refractivity contribution in [3.8, 4) is 12.1 Å². The summed E-state index contributed by atoms with van der Waals surface area (Å²) in [7, 11) is 0. The standard InChI is InChI=1S/C16H16N4/c17-13-15-3-9-19(10-4-15)7-1-2-8-20-11-5-16(14-18)6-12-20/h3-6,9-12H,1-2,7-8H2/q+2. The Morgan fingerprint density at radius 3 is 1.35 bits per heavy atom. The molecule has 0 radical (unpaired) electrons. The topological polar surface area (TPSA) is 55.3 Å². The van der Waals surface area contributed by atoms with E-state index in [2.05, 4.69) is 21.3 Å². The smallest absolute Gasteiger partial charge is 0.170 e. The van der Waals surface area contributed by atoms with Crippen LogP contribution in [0.1, 0.15) is 24.0 Å². The van der Waals surface area contributed by atoms with Gasteiger partial charge in [-0.3, -0.25) is 0 Å². The van der Waals surface area contributed by atoms with Gasteiger partial charge in [0.05, 0.1) is 23.3 Å². The summed E-state index contributed by atoms with van der Waals surface area (Å²) >= 11 is 0. The van der Waals surface area contributed by atoms with E-state index in [4.69, 9.17) is 10.5 Å². The quantitative estimate of drug-likeness (QED) is 0.607. The zero-order valence-corrected chi connectivity index (χ0v) is 11.2. The van der Waals surface area contributed by atoms with Gasteiger partial charge in [0.2, 0.25) is 0 Å². The van der Waals surface area contributed by atoms with Crippen molar-refractivity contribution >= 4 is 0 Å². The summed E-state index contributed by atoms with van der Waals surface area (Å²) < 4.78 is 4.18. The van der Waals surface area contributed by atoms with Gasteiger partial charge in [0, 0.05) is 37.1 Å². The van der Waals surface area contributed by atoms with Crippen LogP contribution in [0.2, 0.25) is 0 Å². The Kier molecular flexibility index (Phi) is 4.81. The normalized spacial score (nSPS) is 9.70. The molecule has 2 aromatic rings. The molecule has 0 spiro atoms. The van der Waals surface area contributed by atoms with Crippen LogP contribution in [0.5, 0.6) is 0 Å². The lowest BCUT2D eigenvalue weighted by Crippen LogP contribution is -2.35. The Hall–Kier alpha value is -2.72. The molecule has 98 valence electrons. The van der Waals surface area contributed by atoms with Gasteiger partial charge in [0.25, 0.3) is 0 Å². The van der Waals surface area contributed by atoms with Crippen LogP contribution < -0.4 is 9.13 Å². The average molecular weight is 264 g/mol. The third-order valence-electron chi connectivity index (χ3n) is 3.12. The molecule has 0 atom stereocenters. The summed E-state index contributed by atoms with van der Waals surface area (Å²) in [4.78, 5) is 0. The number of nitriles is 2. The third-order valence-corrected chi connectivity index (χ3v) is 3.12. The lowest BCUT2D eigenvalue weighted by atomic mass is 10.2. The number of pyridine rings is 2. The fourth-order valence-electron chi connectivity index (χ4n) is 1.95. The SMILES string of the molecule is N#Cc1cc[n+](CCCC[n+]2ccc(C#N)cc2)cc1. The minimum atomic E-state index is 0.689. The summed E-state index contributed by atoms with van der Waals surface area (Å²) in [6.45, 7) is 1.89. The van der Waals surface area contributed by atoms with Crippen molar-refractivity contribution in [2.75, 3.05) is 0 Å². The zero-order valence-electron chi connectivity index (χ0n) is 11.2. The van der Waals surface area contributed by atoms with Crippen LogP contribution >= 0.6 is 0 Å². The molecule has 2 aromatic heterocycles. The first-order chi connectivity index (χ1) is 9.81. The van der Waals surface area contributed by atoms with Crippen LogP contribution in [-0.2, 0) is 13.1 Å². The molecule has 0 aliphatic rings. The van der Waals surface area contributed by atoms with Crippen molar-refractivity contribution in [1.82, 2.24) is 0 Å². The van der Waals surface area contributed by atoms with Crippen molar-refractivity contribution in [1.29, 1.82) is 10.5 Å². The van der Waals surface area contributed by atoms with E-state index < -0.39 is 0 Å². The highest BCUT2D eigenvalue weighted by molar-refractivity contribution is 5.24. The van der Waals surface area contributed by atoms with Crippen molar-refractivity contribution in [2.24, 2.45) is 0 Å². The molecule has 2 heterocycles. The Morgan fingerprint density at radius 1 is 0.700 bits per heavy atom. The lowest BCUT2D eigenvalue weighted by molar-refractivity contribution is -0.708. The van der Waals surface area contributed by atoms with Gasteiger partial charge in [-0.05, 0) is 0 Å². The number of rotatable bonds is 5. The van der Waals surface area contributed by atoms with Gasteiger partial charge in [-0.25, -0.2) is 9.13 Å². The Morgan fingerprint density at radius 2 is 1.05 bits per heavy atom. The molecule has 4 nitrogen and oxygen atoms in total. The summed E-state index contributed by atoms with van der Waals surface area (Å²) in [5.41, 5.74) is 1.38. The van der Waals surface area contributed by atoms with E-state index in [9.17, 15) is 0 Å². The fraction of sp³-hybridized carbons (Fsp3) is 0.250. The second-order valence-corrected chi connectivity index (χ2v) is 4.58. The minimum absolute atomic E-state index is 0.689. The van der Waals surface area contributed by atoms with E-state index in [1.54, 1.807) is 0 Å². The van der Waals surface area contributed by atoms with Crippen LogP contribution in [0.3, 0.4) is 0 Å². The first-order valence-corrected chi connectivity index (χ1v) is 6.60. The predicted molar refractivity (Wildman–Crippen MR) is 71.9 cm³/mol. The van der Waals surface area contributed by atoms with Crippen LogP contribution in [0.4, 0.5) is 0 Å². The number of unbranched alkanes of at least 4 members (excludes halogenated alkanes) is 1. The highest BCUT2D eigenvalue weighted by atomic mass is 14.9. The van der Waals surface area contributed by atoms with Crippen LogP contribution in [-0.4, -0.2) is 0 Å². The summed E-state index contributed by atoms with van der Waals surface area (Å²) in [6.07, 6.45) is 9.90. The number of aromatic nitrogens is 2. The molecule has 0 saturated carbocycles. The first kappa shape index (κ1) is 13.7. The second-order valence-electron chi connectivity index (χ2n) is 4.58. The molecule has 4 heteroatoms.